The highest BCUT2D eigenvalue weighted by molar-refractivity contribution is 5.62. The molecule has 29 heavy (non-hydrogen) atoms. The van der Waals surface area contributed by atoms with Crippen LogP contribution in [-0.2, 0) is 0 Å². The molecule has 1 aliphatic rings. The number of aryl methyl sites for hydroxylation is 2. The Morgan fingerprint density at radius 3 is 2.31 bits per heavy atom. The summed E-state index contributed by atoms with van der Waals surface area (Å²) in [6, 6.07) is 12.7. The Morgan fingerprint density at radius 2 is 1.59 bits per heavy atom. The number of hydrogen-bond acceptors (Lipinski definition) is 7. The number of ether oxygens (including phenoxy) is 2. The van der Waals surface area contributed by atoms with E-state index in [1.54, 1.807) is 14.2 Å². The van der Waals surface area contributed by atoms with Crippen LogP contribution in [0.25, 0.3) is 11.4 Å². The summed E-state index contributed by atoms with van der Waals surface area (Å²) in [5.74, 6) is 1.85. The molecular formula is C22H26N4O3. The van der Waals surface area contributed by atoms with Crippen LogP contribution in [0.15, 0.2) is 40.9 Å². The highest BCUT2D eigenvalue weighted by Crippen LogP contribution is 2.32. The fourth-order valence-electron chi connectivity index (χ4n) is 3.64. The molecule has 1 aromatic heterocycles. The van der Waals surface area contributed by atoms with E-state index in [-0.39, 0.29) is 0 Å². The van der Waals surface area contributed by atoms with Gasteiger partial charge in [0.15, 0.2) is 11.5 Å². The largest absolute Gasteiger partial charge is 0.493 e. The molecule has 0 atom stereocenters. The van der Waals surface area contributed by atoms with Gasteiger partial charge in [0.2, 0.25) is 5.82 Å². The first-order chi connectivity index (χ1) is 14.1. The van der Waals surface area contributed by atoms with Gasteiger partial charge in [-0.1, -0.05) is 17.3 Å². The van der Waals surface area contributed by atoms with Crippen molar-refractivity contribution in [3.8, 4) is 22.9 Å². The normalized spacial score (nSPS) is 14.2. The fraction of sp³-hybridized carbons (Fsp3) is 0.364. The first kappa shape index (κ1) is 19.1. The van der Waals surface area contributed by atoms with Gasteiger partial charge in [-0.15, -0.1) is 0 Å². The number of aromatic nitrogens is 2. The first-order valence-electron chi connectivity index (χ1n) is 9.72. The van der Waals surface area contributed by atoms with E-state index in [1.807, 2.05) is 18.2 Å². The van der Waals surface area contributed by atoms with E-state index in [2.05, 4.69) is 52.0 Å². The quantitative estimate of drug-likeness (QED) is 0.654. The van der Waals surface area contributed by atoms with Crippen LogP contribution in [0.1, 0.15) is 11.1 Å². The summed E-state index contributed by atoms with van der Waals surface area (Å²) < 4.78 is 16.2. The molecule has 0 bridgehead atoms. The molecule has 152 valence electrons. The summed E-state index contributed by atoms with van der Waals surface area (Å²) >= 11 is 0. The van der Waals surface area contributed by atoms with Gasteiger partial charge >= 0.3 is 6.01 Å². The van der Waals surface area contributed by atoms with Gasteiger partial charge in [-0.3, -0.25) is 0 Å². The van der Waals surface area contributed by atoms with Crippen LogP contribution in [0.3, 0.4) is 0 Å². The average Bonchev–Trinajstić information content (AvgIpc) is 3.25. The number of rotatable bonds is 5. The van der Waals surface area contributed by atoms with E-state index >= 15 is 0 Å². The Balaban J connectivity index is 1.47. The van der Waals surface area contributed by atoms with Crippen molar-refractivity contribution in [2.45, 2.75) is 13.8 Å². The van der Waals surface area contributed by atoms with Crippen LogP contribution >= 0.6 is 0 Å². The molecule has 7 nitrogen and oxygen atoms in total. The summed E-state index contributed by atoms with van der Waals surface area (Å²) in [4.78, 5) is 9.16. The maximum Gasteiger partial charge on any atom is 0.324 e. The summed E-state index contributed by atoms with van der Waals surface area (Å²) in [5.41, 5.74) is 4.72. The Kier molecular flexibility index (Phi) is 5.29. The van der Waals surface area contributed by atoms with E-state index in [1.165, 1.54) is 16.8 Å². The summed E-state index contributed by atoms with van der Waals surface area (Å²) in [5, 5.41) is 4.16. The number of anilines is 2. The van der Waals surface area contributed by atoms with Crippen LogP contribution in [0, 0.1) is 13.8 Å². The minimum absolute atomic E-state index is 0.540. The molecule has 3 aromatic rings. The van der Waals surface area contributed by atoms with Crippen LogP contribution in [0.5, 0.6) is 11.5 Å². The molecule has 4 rings (SSSR count). The zero-order valence-corrected chi connectivity index (χ0v) is 17.3. The monoisotopic (exact) mass is 394 g/mol. The lowest BCUT2D eigenvalue weighted by atomic mass is 10.1. The van der Waals surface area contributed by atoms with Crippen molar-refractivity contribution in [1.82, 2.24) is 10.1 Å². The van der Waals surface area contributed by atoms with Crippen molar-refractivity contribution in [3.05, 3.63) is 47.5 Å². The minimum Gasteiger partial charge on any atom is -0.493 e. The van der Waals surface area contributed by atoms with E-state index in [4.69, 9.17) is 14.0 Å². The van der Waals surface area contributed by atoms with Crippen LogP contribution in [0.4, 0.5) is 11.7 Å². The third-order valence-electron chi connectivity index (χ3n) is 5.31. The lowest BCUT2D eigenvalue weighted by Gasteiger charge is -2.36. The van der Waals surface area contributed by atoms with Crippen LogP contribution in [0.2, 0.25) is 0 Å². The number of piperazine rings is 1. The standard InChI is InChI=1S/C22H26N4O3/c1-15-5-6-16(2)18(13-15)25-9-11-26(12-10-25)22-23-21(24-29-22)17-7-8-19(27-3)20(14-17)28-4/h5-8,13-14H,9-12H2,1-4H3. The Bertz CT molecular complexity index is 993. The third-order valence-corrected chi connectivity index (χ3v) is 5.31. The topological polar surface area (TPSA) is 63.9 Å². The van der Waals surface area contributed by atoms with E-state index in [9.17, 15) is 0 Å². The second kappa shape index (κ2) is 8.03. The van der Waals surface area contributed by atoms with Crippen molar-refractivity contribution >= 4 is 11.7 Å². The molecule has 0 saturated carbocycles. The summed E-state index contributed by atoms with van der Waals surface area (Å²) in [6.45, 7) is 7.79. The molecule has 2 heterocycles. The van der Waals surface area contributed by atoms with Gasteiger partial charge in [0, 0.05) is 37.4 Å². The highest BCUT2D eigenvalue weighted by Gasteiger charge is 2.23. The first-order valence-corrected chi connectivity index (χ1v) is 9.72. The fourth-order valence-corrected chi connectivity index (χ4v) is 3.64. The van der Waals surface area contributed by atoms with Crippen molar-refractivity contribution in [2.75, 3.05) is 50.2 Å². The third kappa shape index (κ3) is 3.85. The van der Waals surface area contributed by atoms with Crippen molar-refractivity contribution in [3.63, 3.8) is 0 Å². The number of hydrogen-bond donors (Lipinski definition) is 0. The lowest BCUT2D eigenvalue weighted by molar-refractivity contribution is 0.355. The van der Waals surface area contributed by atoms with E-state index in [0.29, 0.717) is 23.3 Å². The second-order valence-corrected chi connectivity index (χ2v) is 7.23. The van der Waals surface area contributed by atoms with Gasteiger partial charge in [-0.2, -0.15) is 4.98 Å². The maximum absolute atomic E-state index is 5.55. The minimum atomic E-state index is 0.540. The predicted octanol–water partition coefficient (Wildman–Crippen LogP) is 3.70. The van der Waals surface area contributed by atoms with Crippen molar-refractivity contribution in [2.24, 2.45) is 0 Å². The Labute approximate surface area is 170 Å². The maximum atomic E-state index is 5.55. The molecule has 7 heteroatoms. The highest BCUT2D eigenvalue weighted by atomic mass is 16.5. The van der Waals surface area contributed by atoms with Crippen molar-refractivity contribution in [1.29, 1.82) is 0 Å². The lowest BCUT2D eigenvalue weighted by Crippen LogP contribution is -2.46. The molecule has 2 aromatic carbocycles. The summed E-state index contributed by atoms with van der Waals surface area (Å²) in [6.07, 6.45) is 0. The zero-order valence-electron chi connectivity index (χ0n) is 17.3. The molecule has 0 N–H and O–H groups in total. The smallest absolute Gasteiger partial charge is 0.324 e. The molecule has 1 fully saturated rings. The molecule has 1 saturated heterocycles. The van der Waals surface area contributed by atoms with E-state index < -0.39 is 0 Å². The van der Waals surface area contributed by atoms with Crippen molar-refractivity contribution < 1.29 is 14.0 Å². The average molecular weight is 394 g/mol. The van der Waals surface area contributed by atoms with Crippen LogP contribution in [-0.4, -0.2) is 50.5 Å². The van der Waals surface area contributed by atoms with Gasteiger partial charge in [0.1, 0.15) is 0 Å². The van der Waals surface area contributed by atoms with Gasteiger partial charge in [-0.25, -0.2) is 0 Å². The van der Waals surface area contributed by atoms with Gasteiger partial charge in [0.25, 0.3) is 0 Å². The molecule has 0 aliphatic carbocycles. The zero-order chi connectivity index (χ0) is 20.4. The summed E-state index contributed by atoms with van der Waals surface area (Å²) in [7, 11) is 3.22. The number of nitrogens with zero attached hydrogens (tertiary/aromatic N) is 4. The van der Waals surface area contributed by atoms with E-state index in [0.717, 1.165) is 31.7 Å². The van der Waals surface area contributed by atoms with Gasteiger partial charge in [-0.05, 0) is 49.2 Å². The molecule has 0 spiro atoms. The Hall–Kier alpha value is -3.22. The van der Waals surface area contributed by atoms with Gasteiger partial charge in [0.05, 0.1) is 14.2 Å². The predicted molar refractivity (Wildman–Crippen MR) is 113 cm³/mol. The molecule has 0 radical (unpaired) electrons. The molecule has 1 aliphatic heterocycles. The Morgan fingerprint density at radius 1 is 0.862 bits per heavy atom. The SMILES string of the molecule is COc1ccc(-c2noc(N3CCN(c4cc(C)ccc4C)CC3)n2)cc1OC. The van der Waals surface area contributed by atoms with Crippen LogP contribution < -0.4 is 19.3 Å². The number of benzene rings is 2. The molecule has 0 unspecified atom stereocenters. The molecular weight excluding hydrogens is 368 g/mol. The molecule has 0 amide bonds. The van der Waals surface area contributed by atoms with Gasteiger partial charge < -0.3 is 23.8 Å². The number of methoxy groups -OCH3 is 2. The second-order valence-electron chi connectivity index (χ2n) is 7.23.